The molecule has 17 heavy (non-hydrogen) atoms. The molecule has 0 amide bonds. The highest BCUT2D eigenvalue weighted by Crippen LogP contribution is 2.17. The van der Waals surface area contributed by atoms with Crippen LogP contribution in [-0.4, -0.2) is 16.3 Å². The number of nitrogens with one attached hydrogen (secondary N) is 1. The number of anilines is 1. The fraction of sp³-hybridized carbons (Fsp3) is 0.308. The van der Waals surface area contributed by atoms with Crippen molar-refractivity contribution in [2.24, 2.45) is 5.73 Å². The minimum absolute atomic E-state index is 0.109. The van der Waals surface area contributed by atoms with Crippen LogP contribution in [-0.2, 0) is 6.54 Å². The van der Waals surface area contributed by atoms with Gasteiger partial charge in [0, 0.05) is 30.5 Å². The maximum atomic E-state index is 5.80. The zero-order valence-corrected chi connectivity index (χ0v) is 10.0. The monoisotopic (exact) mass is 230 g/mol. The van der Waals surface area contributed by atoms with Gasteiger partial charge >= 0.3 is 0 Å². The number of nitrogens with two attached hydrogens (primary N) is 1. The van der Waals surface area contributed by atoms with Gasteiger partial charge in [-0.3, -0.25) is 4.68 Å². The van der Waals surface area contributed by atoms with E-state index in [9.17, 15) is 0 Å². The third kappa shape index (κ3) is 2.85. The number of benzene rings is 1. The van der Waals surface area contributed by atoms with Crippen LogP contribution in [0.15, 0.2) is 42.7 Å². The molecule has 90 valence electrons. The lowest BCUT2D eigenvalue weighted by Gasteiger charge is -2.16. The lowest BCUT2D eigenvalue weighted by atomic mass is 10.1. The molecule has 1 atom stereocenters. The average molecular weight is 230 g/mol. The van der Waals surface area contributed by atoms with E-state index in [0.29, 0.717) is 6.54 Å². The van der Waals surface area contributed by atoms with Crippen LogP contribution in [0, 0.1) is 0 Å². The zero-order chi connectivity index (χ0) is 12.1. The van der Waals surface area contributed by atoms with Crippen molar-refractivity contribution in [1.82, 2.24) is 9.78 Å². The second-order valence-electron chi connectivity index (χ2n) is 3.93. The highest BCUT2D eigenvalue weighted by Gasteiger charge is 2.11. The summed E-state index contributed by atoms with van der Waals surface area (Å²) in [5.74, 6) is 0. The van der Waals surface area contributed by atoms with Crippen LogP contribution in [0.1, 0.15) is 18.5 Å². The number of aryl methyl sites for hydroxylation is 1. The van der Waals surface area contributed by atoms with E-state index in [2.05, 4.69) is 17.3 Å². The van der Waals surface area contributed by atoms with Crippen LogP contribution >= 0.6 is 0 Å². The number of hydrogen-bond acceptors (Lipinski definition) is 3. The van der Waals surface area contributed by atoms with E-state index in [4.69, 9.17) is 5.73 Å². The van der Waals surface area contributed by atoms with E-state index in [1.807, 2.05) is 47.4 Å². The molecule has 3 N–H and O–H groups in total. The Labute approximate surface area is 101 Å². The number of aromatic nitrogens is 2. The van der Waals surface area contributed by atoms with Gasteiger partial charge in [0.25, 0.3) is 0 Å². The first kappa shape index (κ1) is 11.7. The maximum Gasteiger partial charge on any atom is 0.0667 e. The Morgan fingerprint density at radius 2 is 2.12 bits per heavy atom. The quantitative estimate of drug-likeness (QED) is 0.826. The Kier molecular flexibility index (Phi) is 3.77. The predicted octanol–water partition coefficient (Wildman–Crippen LogP) is 2.01. The number of hydrogen-bond donors (Lipinski definition) is 2. The van der Waals surface area contributed by atoms with Crippen molar-refractivity contribution < 1.29 is 0 Å². The van der Waals surface area contributed by atoms with Crippen molar-refractivity contribution >= 4 is 5.69 Å². The molecule has 0 spiro atoms. The first-order chi connectivity index (χ1) is 8.33. The van der Waals surface area contributed by atoms with Gasteiger partial charge in [-0.05, 0) is 19.1 Å². The van der Waals surface area contributed by atoms with Gasteiger partial charge in [-0.1, -0.05) is 18.2 Å². The summed E-state index contributed by atoms with van der Waals surface area (Å²) >= 11 is 0. The zero-order valence-electron chi connectivity index (χ0n) is 10.0. The van der Waals surface area contributed by atoms with Crippen molar-refractivity contribution in [2.75, 3.05) is 11.9 Å². The van der Waals surface area contributed by atoms with Crippen LogP contribution in [0.2, 0.25) is 0 Å². The van der Waals surface area contributed by atoms with E-state index in [1.165, 1.54) is 0 Å². The van der Waals surface area contributed by atoms with Gasteiger partial charge in [0.05, 0.1) is 12.2 Å². The van der Waals surface area contributed by atoms with E-state index in [-0.39, 0.29) is 6.04 Å². The molecule has 0 aliphatic rings. The Balaban J connectivity index is 2.11. The summed E-state index contributed by atoms with van der Waals surface area (Å²) in [7, 11) is 0. The summed E-state index contributed by atoms with van der Waals surface area (Å²) in [6.45, 7) is 3.49. The van der Waals surface area contributed by atoms with Crippen molar-refractivity contribution in [3.8, 4) is 0 Å². The molecule has 4 heteroatoms. The Morgan fingerprint density at radius 3 is 2.71 bits per heavy atom. The van der Waals surface area contributed by atoms with Gasteiger partial charge in [-0.2, -0.15) is 5.10 Å². The highest BCUT2D eigenvalue weighted by atomic mass is 15.3. The maximum absolute atomic E-state index is 5.80. The molecule has 1 unspecified atom stereocenters. The minimum atomic E-state index is 0.109. The van der Waals surface area contributed by atoms with Crippen LogP contribution in [0.4, 0.5) is 5.69 Å². The molecule has 1 aromatic carbocycles. The van der Waals surface area contributed by atoms with E-state index < -0.39 is 0 Å². The SMILES string of the molecule is CCn1cc(C(CN)Nc2ccccc2)cn1. The molecule has 0 fully saturated rings. The van der Waals surface area contributed by atoms with Gasteiger partial charge in [-0.15, -0.1) is 0 Å². The fourth-order valence-electron chi connectivity index (χ4n) is 1.75. The predicted molar refractivity (Wildman–Crippen MR) is 69.8 cm³/mol. The molecule has 0 radical (unpaired) electrons. The van der Waals surface area contributed by atoms with Gasteiger partial charge in [0.2, 0.25) is 0 Å². The number of rotatable bonds is 5. The third-order valence-corrected chi connectivity index (χ3v) is 2.73. The van der Waals surface area contributed by atoms with E-state index in [1.54, 1.807) is 0 Å². The largest absolute Gasteiger partial charge is 0.377 e. The van der Waals surface area contributed by atoms with Crippen molar-refractivity contribution in [2.45, 2.75) is 19.5 Å². The molecule has 4 nitrogen and oxygen atoms in total. The van der Waals surface area contributed by atoms with Crippen LogP contribution in [0.25, 0.3) is 0 Å². The average Bonchev–Trinajstić information content (AvgIpc) is 2.86. The second kappa shape index (κ2) is 5.50. The lowest BCUT2D eigenvalue weighted by molar-refractivity contribution is 0.658. The summed E-state index contributed by atoms with van der Waals surface area (Å²) in [6, 6.07) is 10.2. The summed E-state index contributed by atoms with van der Waals surface area (Å²) in [5.41, 5.74) is 8.00. The molecule has 0 aliphatic carbocycles. The number of nitrogens with zero attached hydrogens (tertiary/aromatic N) is 2. The lowest BCUT2D eigenvalue weighted by Crippen LogP contribution is -2.20. The standard InChI is InChI=1S/C13H18N4/c1-2-17-10-11(9-15-17)13(8-14)16-12-6-4-3-5-7-12/h3-7,9-10,13,16H,2,8,14H2,1H3. The molecular formula is C13H18N4. The van der Waals surface area contributed by atoms with Gasteiger partial charge in [-0.25, -0.2) is 0 Å². The Morgan fingerprint density at radius 1 is 1.35 bits per heavy atom. The minimum Gasteiger partial charge on any atom is -0.377 e. The van der Waals surface area contributed by atoms with Crippen molar-refractivity contribution in [1.29, 1.82) is 0 Å². The Bertz CT molecular complexity index is 449. The normalized spacial score (nSPS) is 12.4. The van der Waals surface area contributed by atoms with Gasteiger partial charge in [0.1, 0.15) is 0 Å². The number of para-hydroxylation sites is 1. The molecule has 0 bridgehead atoms. The van der Waals surface area contributed by atoms with E-state index in [0.717, 1.165) is 17.8 Å². The molecule has 1 aromatic heterocycles. The molecule has 0 saturated heterocycles. The summed E-state index contributed by atoms with van der Waals surface area (Å²) in [5, 5.41) is 7.67. The fourth-order valence-corrected chi connectivity index (χ4v) is 1.75. The molecule has 2 rings (SSSR count). The van der Waals surface area contributed by atoms with Crippen LogP contribution < -0.4 is 11.1 Å². The van der Waals surface area contributed by atoms with Crippen LogP contribution in [0.3, 0.4) is 0 Å². The molecular weight excluding hydrogens is 212 g/mol. The summed E-state index contributed by atoms with van der Waals surface area (Å²) in [4.78, 5) is 0. The third-order valence-electron chi connectivity index (χ3n) is 2.73. The van der Waals surface area contributed by atoms with Crippen LogP contribution in [0.5, 0.6) is 0 Å². The van der Waals surface area contributed by atoms with Crippen molar-refractivity contribution in [3.63, 3.8) is 0 Å². The van der Waals surface area contributed by atoms with E-state index >= 15 is 0 Å². The second-order valence-corrected chi connectivity index (χ2v) is 3.93. The van der Waals surface area contributed by atoms with Gasteiger partial charge in [0.15, 0.2) is 0 Å². The highest BCUT2D eigenvalue weighted by molar-refractivity contribution is 5.44. The molecule has 0 aliphatic heterocycles. The molecule has 2 aromatic rings. The topological polar surface area (TPSA) is 55.9 Å². The van der Waals surface area contributed by atoms with Gasteiger partial charge < -0.3 is 11.1 Å². The first-order valence-corrected chi connectivity index (χ1v) is 5.87. The smallest absolute Gasteiger partial charge is 0.0667 e. The Hall–Kier alpha value is -1.81. The molecule has 0 saturated carbocycles. The van der Waals surface area contributed by atoms with Crippen molar-refractivity contribution in [3.05, 3.63) is 48.3 Å². The first-order valence-electron chi connectivity index (χ1n) is 5.87. The summed E-state index contributed by atoms with van der Waals surface area (Å²) in [6.07, 6.45) is 3.91. The molecule has 1 heterocycles. The summed E-state index contributed by atoms with van der Waals surface area (Å²) < 4.78 is 1.91.